The van der Waals surface area contributed by atoms with Crippen molar-refractivity contribution in [1.82, 2.24) is 14.9 Å². The van der Waals surface area contributed by atoms with Crippen LogP contribution in [-0.2, 0) is 28.9 Å². The van der Waals surface area contributed by atoms with Crippen LogP contribution < -0.4 is 10.2 Å². The molecule has 14 heteroatoms. The molecule has 1 N–H and O–H groups in total. The third-order valence-electron chi connectivity index (χ3n) is 7.45. The van der Waals surface area contributed by atoms with E-state index in [2.05, 4.69) is 25.3 Å². The second-order valence-electron chi connectivity index (χ2n) is 10.7. The van der Waals surface area contributed by atoms with Crippen molar-refractivity contribution in [2.24, 2.45) is 5.16 Å². The number of likely N-dealkylation sites (N-methyl/N-ethyl adjacent to an activating group) is 1. The van der Waals surface area contributed by atoms with E-state index < -0.39 is 15.7 Å². The number of methoxy groups -OCH3 is 1. The minimum Gasteiger partial charge on any atom is -0.389 e. The van der Waals surface area contributed by atoms with Gasteiger partial charge in [-0.3, -0.25) is 10.1 Å². The Balaban J connectivity index is 1.30. The molecule has 3 aromatic rings. The van der Waals surface area contributed by atoms with E-state index in [-0.39, 0.29) is 22.5 Å². The number of aromatic nitrogens is 2. The number of ether oxygens (including phenoxy) is 2. The fraction of sp³-hybridized carbons (Fsp3) is 0.517. The van der Waals surface area contributed by atoms with Crippen LogP contribution in [0.25, 0.3) is 10.3 Å². The van der Waals surface area contributed by atoms with Gasteiger partial charge >= 0.3 is 0 Å². The summed E-state index contributed by atoms with van der Waals surface area (Å²) < 4.78 is 35.7. The first-order valence-electron chi connectivity index (χ1n) is 14.5. The summed E-state index contributed by atoms with van der Waals surface area (Å²) >= 11 is 1.28. The van der Waals surface area contributed by atoms with Crippen molar-refractivity contribution in [1.29, 1.82) is 0 Å². The average Bonchev–Trinajstić information content (AvgIpc) is 3.78. The van der Waals surface area contributed by atoms with E-state index in [1.807, 2.05) is 19.2 Å². The van der Waals surface area contributed by atoms with Gasteiger partial charge in [-0.05, 0) is 56.6 Å². The maximum absolute atomic E-state index is 13.5. The number of likely N-dealkylation sites (tertiary alicyclic amines) is 1. The quantitative estimate of drug-likeness (QED) is 0.161. The Bertz CT molecular complexity index is 1520. The predicted molar refractivity (Wildman–Crippen MR) is 167 cm³/mol. The minimum atomic E-state index is -3.49. The lowest BCUT2D eigenvalue weighted by molar-refractivity contribution is -0.110. The van der Waals surface area contributed by atoms with Gasteiger partial charge in [-0.25, -0.2) is 18.4 Å². The van der Waals surface area contributed by atoms with Crippen LogP contribution in [0.3, 0.4) is 0 Å². The Morgan fingerprint density at radius 2 is 1.98 bits per heavy atom. The molecule has 0 radical (unpaired) electrons. The molecule has 12 nitrogen and oxygen atoms in total. The molecule has 2 aromatic heterocycles. The van der Waals surface area contributed by atoms with Gasteiger partial charge in [0.15, 0.2) is 26.8 Å². The lowest BCUT2D eigenvalue weighted by Gasteiger charge is -2.22. The van der Waals surface area contributed by atoms with E-state index in [0.717, 1.165) is 32.0 Å². The van der Waals surface area contributed by atoms with Crippen molar-refractivity contribution in [3.63, 3.8) is 0 Å². The summed E-state index contributed by atoms with van der Waals surface area (Å²) in [6.45, 7) is 5.48. The van der Waals surface area contributed by atoms with Crippen LogP contribution in [0.15, 0.2) is 46.4 Å². The number of amides is 1. The van der Waals surface area contributed by atoms with E-state index in [1.165, 1.54) is 43.4 Å². The van der Waals surface area contributed by atoms with Gasteiger partial charge in [-0.15, -0.1) is 0 Å². The molecule has 4 heterocycles. The second-order valence-corrected chi connectivity index (χ2v) is 13.7. The number of fused-ring (bicyclic) bond motifs is 1. The van der Waals surface area contributed by atoms with Gasteiger partial charge in [-0.1, -0.05) is 28.6 Å². The number of hydrogen-bond donors (Lipinski definition) is 1. The number of carbonyl (C=O) groups excluding carboxylic acids is 1. The SMILES string of the molecule is COCCCS(=O)(=O)c1ccc(C(=NO[C@@H]2CCOC2)C(=O)Nc2nc3ccc(N(C)CCN4CCCC4)nc3s2)cc1. The van der Waals surface area contributed by atoms with E-state index >= 15 is 0 Å². The van der Waals surface area contributed by atoms with Crippen molar-refractivity contribution >= 4 is 54.1 Å². The smallest absolute Gasteiger partial charge is 0.280 e. The number of oxime groups is 1. The molecule has 0 bridgehead atoms. The molecule has 0 unspecified atom stereocenters. The Labute approximate surface area is 255 Å². The zero-order valence-corrected chi connectivity index (χ0v) is 26.2. The molecule has 5 rings (SSSR count). The van der Waals surface area contributed by atoms with Crippen LogP contribution in [0.1, 0.15) is 31.2 Å². The molecule has 0 aliphatic carbocycles. The number of sulfone groups is 1. The van der Waals surface area contributed by atoms with Crippen molar-refractivity contribution < 1.29 is 27.5 Å². The number of nitrogens with zero attached hydrogens (tertiary/aromatic N) is 5. The van der Waals surface area contributed by atoms with Crippen LogP contribution in [0.5, 0.6) is 0 Å². The number of rotatable bonds is 14. The van der Waals surface area contributed by atoms with Crippen LogP contribution in [0.4, 0.5) is 10.9 Å². The zero-order chi connectivity index (χ0) is 30.2. The van der Waals surface area contributed by atoms with Gasteiger partial charge in [0.1, 0.15) is 16.2 Å². The fourth-order valence-electron chi connectivity index (χ4n) is 4.92. The molecule has 1 amide bonds. The minimum absolute atomic E-state index is 0.00443. The summed E-state index contributed by atoms with van der Waals surface area (Å²) in [4.78, 5) is 33.9. The fourth-order valence-corrected chi connectivity index (χ4v) is 7.03. The maximum Gasteiger partial charge on any atom is 0.280 e. The van der Waals surface area contributed by atoms with E-state index in [9.17, 15) is 13.2 Å². The second kappa shape index (κ2) is 14.5. The van der Waals surface area contributed by atoms with Crippen molar-refractivity contribution in [3.8, 4) is 0 Å². The number of anilines is 2. The van der Waals surface area contributed by atoms with Gasteiger partial charge < -0.3 is 24.1 Å². The number of pyridine rings is 1. The Morgan fingerprint density at radius 3 is 2.70 bits per heavy atom. The number of nitrogens with one attached hydrogen (secondary N) is 1. The molecule has 2 fully saturated rings. The summed E-state index contributed by atoms with van der Waals surface area (Å²) in [7, 11) is 0.0715. The number of thiazole rings is 1. The van der Waals surface area contributed by atoms with E-state index in [0.29, 0.717) is 53.7 Å². The highest BCUT2D eigenvalue weighted by atomic mass is 32.2. The molecular weight excluding hydrogens is 592 g/mol. The Hall–Kier alpha value is -3.17. The maximum atomic E-state index is 13.5. The molecule has 2 aliphatic rings. The van der Waals surface area contributed by atoms with Crippen LogP contribution in [0, 0.1) is 0 Å². The monoisotopic (exact) mass is 630 g/mol. The topological polar surface area (TPSA) is 136 Å². The third kappa shape index (κ3) is 8.26. The van der Waals surface area contributed by atoms with Gasteiger partial charge in [-0.2, -0.15) is 0 Å². The van der Waals surface area contributed by atoms with Gasteiger partial charge in [0.25, 0.3) is 5.91 Å². The average molecular weight is 631 g/mol. The van der Waals surface area contributed by atoms with Gasteiger partial charge in [0, 0.05) is 45.8 Å². The molecule has 0 saturated carbocycles. The normalized spacial score (nSPS) is 17.9. The first-order valence-corrected chi connectivity index (χ1v) is 17.0. The summed E-state index contributed by atoms with van der Waals surface area (Å²) in [6.07, 6.45) is 3.31. The zero-order valence-electron chi connectivity index (χ0n) is 24.5. The molecule has 0 spiro atoms. The molecule has 43 heavy (non-hydrogen) atoms. The summed E-state index contributed by atoms with van der Waals surface area (Å²) in [5, 5.41) is 7.38. The molecule has 1 aromatic carbocycles. The Kier molecular flexibility index (Phi) is 10.6. The molecule has 2 saturated heterocycles. The third-order valence-corrected chi connectivity index (χ3v) is 10.1. The lowest BCUT2D eigenvalue weighted by atomic mass is 10.1. The molecule has 232 valence electrons. The van der Waals surface area contributed by atoms with Crippen LogP contribution >= 0.6 is 11.3 Å². The highest BCUT2D eigenvalue weighted by molar-refractivity contribution is 7.91. The molecular formula is C29H38N6O6S2. The number of benzene rings is 1. The van der Waals surface area contributed by atoms with E-state index in [4.69, 9.17) is 19.3 Å². The van der Waals surface area contributed by atoms with Crippen molar-refractivity contribution in [2.45, 2.75) is 36.7 Å². The number of hydrogen-bond acceptors (Lipinski definition) is 12. The summed E-state index contributed by atoms with van der Waals surface area (Å²) in [6, 6.07) is 9.90. The van der Waals surface area contributed by atoms with Crippen molar-refractivity contribution in [2.75, 3.05) is 76.1 Å². The first-order chi connectivity index (χ1) is 20.8. The standard InChI is InChI=1S/C29H38N6O6S2/c1-34(15-16-35-13-3-4-14-35)25-11-10-24-28(31-25)42-29(30-24)32-27(36)26(33-41-22-12-18-40-20-22)21-6-8-23(9-7-21)43(37,38)19-5-17-39-2/h6-11,22H,3-5,12-20H2,1-2H3,(H,30,32,36)/t22-/m1/s1. The highest BCUT2D eigenvalue weighted by Crippen LogP contribution is 2.27. The van der Waals surface area contributed by atoms with Crippen LogP contribution in [0.2, 0.25) is 0 Å². The first kappa shape index (κ1) is 31.3. The van der Waals surface area contributed by atoms with Gasteiger partial charge in [0.2, 0.25) is 0 Å². The van der Waals surface area contributed by atoms with Crippen molar-refractivity contribution in [3.05, 3.63) is 42.0 Å². The summed E-state index contributed by atoms with van der Waals surface area (Å²) in [5.74, 6) is 0.283. The number of carbonyl (C=O) groups is 1. The molecule has 2 aliphatic heterocycles. The Morgan fingerprint density at radius 1 is 1.19 bits per heavy atom. The molecule has 1 atom stereocenters. The summed E-state index contributed by atoms with van der Waals surface area (Å²) in [5.41, 5.74) is 1.09. The lowest BCUT2D eigenvalue weighted by Crippen LogP contribution is -2.31. The largest absolute Gasteiger partial charge is 0.389 e. The highest BCUT2D eigenvalue weighted by Gasteiger charge is 2.23. The van der Waals surface area contributed by atoms with Gasteiger partial charge in [0.05, 0.1) is 23.9 Å². The van der Waals surface area contributed by atoms with Crippen LogP contribution in [-0.4, -0.2) is 107 Å². The predicted octanol–water partition coefficient (Wildman–Crippen LogP) is 3.18. The van der Waals surface area contributed by atoms with E-state index in [1.54, 1.807) is 12.1 Å².